The average Bonchev–Trinajstić information content (AvgIpc) is 2.48. The number of hydrogen-bond donors (Lipinski definition) is 0. The van der Waals surface area contributed by atoms with E-state index in [4.69, 9.17) is 4.74 Å². The highest BCUT2D eigenvalue weighted by atomic mass is 16.5. The molecule has 0 aromatic rings. The Morgan fingerprint density at radius 2 is 1.81 bits per heavy atom. The van der Waals surface area contributed by atoms with Crippen molar-refractivity contribution in [3.63, 3.8) is 0 Å². The number of rotatable bonds is 11. The van der Waals surface area contributed by atoms with E-state index in [-0.39, 0.29) is 0 Å². The van der Waals surface area contributed by atoms with Gasteiger partial charge in [-0.15, -0.1) is 0 Å². The molecule has 2 unspecified atom stereocenters. The van der Waals surface area contributed by atoms with Gasteiger partial charge in [0.05, 0.1) is 0 Å². The van der Waals surface area contributed by atoms with E-state index in [0.29, 0.717) is 17.6 Å². The van der Waals surface area contributed by atoms with Gasteiger partial charge in [-0.3, -0.25) is 4.79 Å². The number of carbonyl (C=O) groups excluding carboxylic acids is 1. The summed E-state index contributed by atoms with van der Waals surface area (Å²) in [5.41, 5.74) is 0. The molecule has 0 spiro atoms. The average molecular weight is 296 g/mol. The maximum Gasteiger partial charge on any atom is 0.136 e. The third-order valence-corrected chi connectivity index (χ3v) is 4.97. The molecule has 124 valence electrons. The Morgan fingerprint density at radius 3 is 2.52 bits per heavy atom. The second kappa shape index (κ2) is 11.2. The minimum Gasteiger partial charge on any atom is -0.385 e. The van der Waals surface area contributed by atoms with Crippen molar-refractivity contribution in [2.45, 2.75) is 84.5 Å². The van der Waals surface area contributed by atoms with Gasteiger partial charge in [-0.25, -0.2) is 0 Å². The van der Waals surface area contributed by atoms with E-state index in [9.17, 15) is 4.79 Å². The maximum absolute atomic E-state index is 12.5. The van der Waals surface area contributed by atoms with Gasteiger partial charge in [-0.1, -0.05) is 52.4 Å². The summed E-state index contributed by atoms with van der Waals surface area (Å²) < 4.78 is 5.21. The summed E-state index contributed by atoms with van der Waals surface area (Å²) in [6, 6.07) is 0. The molecule has 1 saturated carbocycles. The van der Waals surface area contributed by atoms with E-state index in [1.165, 1.54) is 44.9 Å². The summed E-state index contributed by atoms with van der Waals surface area (Å²) in [5.74, 6) is 2.28. The van der Waals surface area contributed by atoms with E-state index in [1.807, 2.05) is 0 Å². The Balaban J connectivity index is 2.19. The largest absolute Gasteiger partial charge is 0.385 e. The molecule has 2 nitrogen and oxygen atoms in total. The molecule has 21 heavy (non-hydrogen) atoms. The molecule has 1 rings (SSSR count). The van der Waals surface area contributed by atoms with E-state index < -0.39 is 0 Å². The Hall–Kier alpha value is -0.370. The number of carbonyl (C=O) groups is 1. The van der Waals surface area contributed by atoms with Crippen molar-refractivity contribution in [1.82, 2.24) is 0 Å². The lowest BCUT2D eigenvalue weighted by molar-refractivity contribution is -0.126. The first-order chi connectivity index (χ1) is 10.1. The summed E-state index contributed by atoms with van der Waals surface area (Å²) in [5, 5.41) is 0. The third kappa shape index (κ3) is 7.99. The molecule has 1 aliphatic carbocycles. The van der Waals surface area contributed by atoms with Crippen molar-refractivity contribution >= 4 is 5.78 Å². The molecule has 2 atom stereocenters. The van der Waals surface area contributed by atoms with E-state index in [1.54, 1.807) is 7.11 Å². The van der Waals surface area contributed by atoms with Crippen molar-refractivity contribution < 1.29 is 9.53 Å². The summed E-state index contributed by atoms with van der Waals surface area (Å²) >= 11 is 0. The molecule has 0 aliphatic heterocycles. The maximum atomic E-state index is 12.5. The first-order valence-corrected chi connectivity index (χ1v) is 9.16. The molecule has 0 N–H and O–H groups in total. The molecule has 0 amide bonds. The van der Waals surface area contributed by atoms with Crippen LogP contribution in [0.2, 0.25) is 0 Å². The molecule has 0 radical (unpaired) electrons. The highest BCUT2D eigenvalue weighted by molar-refractivity contribution is 5.81. The Morgan fingerprint density at radius 1 is 1.10 bits per heavy atom. The van der Waals surface area contributed by atoms with Crippen LogP contribution in [0.25, 0.3) is 0 Å². The van der Waals surface area contributed by atoms with Crippen LogP contribution in [-0.2, 0) is 9.53 Å². The molecule has 1 fully saturated rings. The van der Waals surface area contributed by atoms with E-state index >= 15 is 0 Å². The van der Waals surface area contributed by atoms with Crippen molar-refractivity contribution in [1.29, 1.82) is 0 Å². The number of hydrogen-bond acceptors (Lipinski definition) is 2. The van der Waals surface area contributed by atoms with Gasteiger partial charge in [0.2, 0.25) is 0 Å². The smallest absolute Gasteiger partial charge is 0.136 e. The first kappa shape index (κ1) is 18.7. The lowest BCUT2D eigenvalue weighted by Crippen LogP contribution is -2.28. The molecule has 1 aliphatic rings. The van der Waals surface area contributed by atoms with Crippen LogP contribution >= 0.6 is 0 Å². The van der Waals surface area contributed by atoms with Crippen LogP contribution in [0.3, 0.4) is 0 Å². The first-order valence-electron chi connectivity index (χ1n) is 9.16. The molecule has 0 heterocycles. The third-order valence-electron chi connectivity index (χ3n) is 4.97. The minimum atomic E-state index is 0.338. The molecule has 0 aromatic heterocycles. The van der Waals surface area contributed by atoms with Crippen LogP contribution in [0.5, 0.6) is 0 Å². The van der Waals surface area contributed by atoms with Gasteiger partial charge in [-0.05, 0) is 37.5 Å². The van der Waals surface area contributed by atoms with Crippen molar-refractivity contribution in [2.24, 2.45) is 17.8 Å². The summed E-state index contributed by atoms with van der Waals surface area (Å²) in [4.78, 5) is 12.5. The van der Waals surface area contributed by atoms with Crippen molar-refractivity contribution in [3.05, 3.63) is 0 Å². The zero-order valence-corrected chi connectivity index (χ0v) is 14.5. The number of unbranched alkanes of at least 4 members (excludes halogenated alkanes) is 3. The highest BCUT2D eigenvalue weighted by Gasteiger charge is 2.29. The predicted octanol–water partition coefficient (Wildman–Crippen LogP) is 5.40. The van der Waals surface area contributed by atoms with Gasteiger partial charge in [0.25, 0.3) is 0 Å². The number of Topliss-reactive ketones (excluding diaryl/α,β-unsaturated/α-hetero) is 1. The minimum absolute atomic E-state index is 0.338. The van der Waals surface area contributed by atoms with Crippen LogP contribution in [0, 0.1) is 17.8 Å². The van der Waals surface area contributed by atoms with Gasteiger partial charge in [0.15, 0.2) is 0 Å². The van der Waals surface area contributed by atoms with Gasteiger partial charge in [0.1, 0.15) is 5.78 Å². The van der Waals surface area contributed by atoms with Crippen LogP contribution < -0.4 is 0 Å². The number of methoxy groups -OCH3 is 1. The number of ketones is 1. The summed E-state index contributed by atoms with van der Waals surface area (Å²) in [6.07, 6.45) is 13.1. The van der Waals surface area contributed by atoms with E-state index in [0.717, 1.165) is 38.2 Å². The van der Waals surface area contributed by atoms with Crippen LogP contribution in [-0.4, -0.2) is 19.5 Å². The molecule has 0 aromatic carbocycles. The Bertz CT molecular complexity index is 273. The quantitative estimate of drug-likeness (QED) is 0.477. The highest BCUT2D eigenvalue weighted by Crippen LogP contribution is 2.34. The van der Waals surface area contributed by atoms with Gasteiger partial charge in [-0.2, -0.15) is 0 Å². The Kier molecular flexibility index (Phi) is 9.99. The lowest BCUT2D eigenvalue weighted by atomic mass is 9.74. The fourth-order valence-corrected chi connectivity index (χ4v) is 3.64. The molecule has 0 saturated heterocycles. The van der Waals surface area contributed by atoms with E-state index in [2.05, 4.69) is 13.8 Å². The topological polar surface area (TPSA) is 26.3 Å². The van der Waals surface area contributed by atoms with Crippen LogP contribution in [0.1, 0.15) is 84.5 Å². The monoisotopic (exact) mass is 296 g/mol. The van der Waals surface area contributed by atoms with Crippen LogP contribution in [0.15, 0.2) is 0 Å². The fourth-order valence-electron chi connectivity index (χ4n) is 3.64. The van der Waals surface area contributed by atoms with Gasteiger partial charge >= 0.3 is 0 Å². The number of ether oxygens (including phenoxy) is 1. The van der Waals surface area contributed by atoms with Gasteiger partial charge in [0, 0.05) is 26.1 Å². The molecule has 0 bridgehead atoms. The second-order valence-corrected chi connectivity index (χ2v) is 7.25. The predicted molar refractivity (Wildman–Crippen MR) is 89.5 cm³/mol. The fraction of sp³-hybridized carbons (Fsp3) is 0.947. The molecule has 2 heteroatoms. The summed E-state index contributed by atoms with van der Waals surface area (Å²) in [7, 11) is 1.76. The molecular formula is C19H36O2. The van der Waals surface area contributed by atoms with Gasteiger partial charge < -0.3 is 4.74 Å². The molecular weight excluding hydrogens is 260 g/mol. The Labute approximate surface area is 132 Å². The SMILES string of the molecule is COCCC1CCCCC1C(=O)CCCCCCC(C)C. The summed E-state index contributed by atoms with van der Waals surface area (Å²) in [6.45, 7) is 5.38. The lowest BCUT2D eigenvalue weighted by Gasteiger charge is -2.30. The zero-order chi connectivity index (χ0) is 15.5. The van der Waals surface area contributed by atoms with Crippen molar-refractivity contribution in [2.75, 3.05) is 13.7 Å². The second-order valence-electron chi connectivity index (χ2n) is 7.25. The normalized spacial score (nSPS) is 22.7. The zero-order valence-electron chi connectivity index (χ0n) is 14.5. The van der Waals surface area contributed by atoms with Crippen molar-refractivity contribution in [3.8, 4) is 0 Å². The van der Waals surface area contributed by atoms with Crippen LogP contribution in [0.4, 0.5) is 0 Å². The standard InChI is InChI=1S/C19H36O2/c1-16(2)10-6-4-5-7-13-19(20)18-12-9-8-11-17(18)14-15-21-3/h16-18H,4-15H2,1-3H3.